The van der Waals surface area contributed by atoms with Gasteiger partial charge in [0.15, 0.2) is 5.13 Å². The third kappa shape index (κ3) is 9.73. The summed E-state index contributed by atoms with van der Waals surface area (Å²) in [5, 5.41) is 12.3. The number of aromatic nitrogens is 1. The smallest absolute Gasteiger partial charge is 0.358 e. The highest BCUT2D eigenvalue weighted by atomic mass is 32.2. The molecule has 2 aliphatic heterocycles. The van der Waals surface area contributed by atoms with E-state index in [9.17, 15) is 19.2 Å². The third-order valence-corrected chi connectivity index (χ3v) is 12.4. The van der Waals surface area contributed by atoms with E-state index in [0.29, 0.717) is 35.2 Å². The summed E-state index contributed by atoms with van der Waals surface area (Å²) in [5.74, 6) is -2.18. The van der Waals surface area contributed by atoms with Crippen LogP contribution in [0.5, 0.6) is 0 Å². The average molecular weight is 856 g/mol. The summed E-state index contributed by atoms with van der Waals surface area (Å²) in [7, 11) is 1.47. The number of oxime groups is 1. The predicted octanol–water partition coefficient (Wildman–Crippen LogP) is 6.41. The van der Waals surface area contributed by atoms with E-state index in [4.69, 9.17) is 28.8 Å². The number of nitrogens with one attached hydrogen (secondary N) is 2. The minimum Gasteiger partial charge on any atom is -0.427 e. The van der Waals surface area contributed by atoms with Gasteiger partial charge < -0.3 is 34.4 Å². The van der Waals surface area contributed by atoms with Crippen molar-refractivity contribution in [3.05, 3.63) is 130 Å². The molecule has 0 saturated carbocycles. The van der Waals surface area contributed by atoms with Crippen LogP contribution in [0.3, 0.4) is 0 Å². The second-order valence-electron chi connectivity index (χ2n) is 14.5. The Balaban J connectivity index is 1.08. The summed E-state index contributed by atoms with van der Waals surface area (Å²) >= 11 is 2.80. The fourth-order valence-corrected chi connectivity index (χ4v) is 8.88. The summed E-state index contributed by atoms with van der Waals surface area (Å²) in [5.41, 5.74) is 2.77. The Labute approximate surface area is 357 Å². The number of thiazole rings is 1. The SMILES string of the molecule is CCOC(CON=CC(=O)NC1C(=O)N2C(C(=O)OCOC(=O)C(C)(C)CC)=C(COC)CS[C@@H]12)c1csc(NC(c2ccccc2)(c2ccccc2)c2ccccc2)n1. The fourth-order valence-electron chi connectivity index (χ4n) is 6.74. The molecule has 16 heteroatoms. The van der Waals surface area contributed by atoms with Crippen molar-refractivity contribution < 1.29 is 43.0 Å². The van der Waals surface area contributed by atoms with Crippen LogP contribution in [0, 0.1) is 5.41 Å². The lowest BCUT2D eigenvalue weighted by Gasteiger charge is -2.49. The van der Waals surface area contributed by atoms with Gasteiger partial charge in [0, 0.05) is 24.8 Å². The van der Waals surface area contributed by atoms with Crippen LogP contribution in [-0.4, -0.2) is 90.7 Å². The van der Waals surface area contributed by atoms with E-state index in [1.807, 2.05) is 73.8 Å². The number of rotatable bonds is 20. The highest BCUT2D eigenvalue weighted by Gasteiger charge is 2.54. The Morgan fingerprint density at radius 3 is 2.13 bits per heavy atom. The third-order valence-electron chi connectivity index (χ3n) is 10.3. The van der Waals surface area contributed by atoms with E-state index in [1.54, 1.807) is 13.8 Å². The largest absolute Gasteiger partial charge is 0.427 e. The van der Waals surface area contributed by atoms with Crippen LogP contribution in [0.4, 0.5) is 5.13 Å². The molecule has 2 unspecified atom stereocenters. The van der Waals surface area contributed by atoms with Gasteiger partial charge in [0.05, 0.1) is 17.7 Å². The number of esters is 2. The van der Waals surface area contributed by atoms with Crippen molar-refractivity contribution in [1.29, 1.82) is 0 Å². The Morgan fingerprint density at radius 1 is 0.950 bits per heavy atom. The lowest BCUT2D eigenvalue weighted by Crippen LogP contribution is -2.70. The molecular formula is C44H49N5O9S2. The maximum absolute atomic E-state index is 13.4. The normalized spacial score (nSPS) is 17.1. The molecule has 2 aliphatic rings. The molecule has 14 nitrogen and oxygen atoms in total. The number of thioether (sulfide) groups is 1. The van der Waals surface area contributed by atoms with Crippen molar-refractivity contribution in [3.63, 3.8) is 0 Å². The van der Waals surface area contributed by atoms with Crippen LogP contribution >= 0.6 is 23.1 Å². The van der Waals surface area contributed by atoms with Gasteiger partial charge in [-0.3, -0.25) is 19.3 Å². The first kappa shape index (κ1) is 44.0. The average Bonchev–Trinajstić information content (AvgIpc) is 3.74. The van der Waals surface area contributed by atoms with E-state index in [1.165, 1.54) is 35.1 Å². The number of ether oxygens (including phenoxy) is 4. The monoisotopic (exact) mass is 855 g/mol. The Kier molecular flexibility index (Phi) is 14.8. The molecule has 316 valence electrons. The van der Waals surface area contributed by atoms with Gasteiger partial charge in [-0.1, -0.05) is 103 Å². The minimum atomic E-state index is -0.934. The Morgan fingerprint density at radius 2 is 1.57 bits per heavy atom. The van der Waals surface area contributed by atoms with Gasteiger partial charge in [-0.25, -0.2) is 9.78 Å². The molecule has 4 aromatic rings. The van der Waals surface area contributed by atoms with Gasteiger partial charge in [-0.15, -0.1) is 23.1 Å². The molecule has 0 spiro atoms. The number of hydrogen-bond acceptors (Lipinski definition) is 14. The molecule has 1 saturated heterocycles. The number of β-lactam (4-membered cyclic amide) rings is 1. The summed E-state index contributed by atoms with van der Waals surface area (Å²) in [4.78, 5) is 63.6. The van der Waals surface area contributed by atoms with Crippen molar-refractivity contribution >= 4 is 58.2 Å². The molecule has 0 radical (unpaired) electrons. The molecule has 1 aromatic heterocycles. The molecule has 3 atom stereocenters. The summed E-state index contributed by atoms with van der Waals surface area (Å²) in [6, 6.07) is 29.7. The van der Waals surface area contributed by atoms with Crippen molar-refractivity contribution in [2.75, 3.05) is 44.8 Å². The van der Waals surface area contributed by atoms with Gasteiger partial charge in [0.2, 0.25) is 6.79 Å². The lowest BCUT2D eigenvalue weighted by molar-refractivity contribution is -0.174. The zero-order valence-electron chi connectivity index (χ0n) is 34.1. The number of carbonyl (C=O) groups excluding carboxylic acids is 4. The van der Waals surface area contributed by atoms with Crippen LogP contribution in [0.2, 0.25) is 0 Å². The predicted molar refractivity (Wildman–Crippen MR) is 229 cm³/mol. The number of hydrogen-bond donors (Lipinski definition) is 2. The zero-order chi connectivity index (χ0) is 42.7. The van der Waals surface area contributed by atoms with E-state index in [2.05, 4.69) is 52.2 Å². The Bertz CT molecular complexity index is 2070. The first-order valence-electron chi connectivity index (χ1n) is 19.5. The standard InChI is InChI=1S/C44H49N5O9S2/c1-6-43(3,4)41(53)57-28-56-40(52)37-29(24-54-5)26-59-39-36(38(51)49(37)39)47-35(50)23-45-58-25-34(55-7-2)33-27-60-42(46-33)48-44(30-17-11-8-12-18-30,31-19-13-9-14-20-31)32-21-15-10-16-22-32/h8-23,27,34,36,39H,6-7,24-26,28H2,1-5H3,(H,46,48)(H,47,50)/t34?,36?,39-/m0/s1. The van der Waals surface area contributed by atoms with Crippen LogP contribution < -0.4 is 10.6 Å². The molecule has 3 heterocycles. The van der Waals surface area contributed by atoms with Gasteiger partial charge in [-0.2, -0.15) is 0 Å². The number of amides is 2. The first-order chi connectivity index (χ1) is 29.0. The van der Waals surface area contributed by atoms with E-state index >= 15 is 0 Å². The van der Waals surface area contributed by atoms with E-state index in [-0.39, 0.29) is 18.9 Å². The van der Waals surface area contributed by atoms with Crippen LogP contribution in [-0.2, 0) is 48.5 Å². The van der Waals surface area contributed by atoms with Crippen LogP contribution in [0.15, 0.2) is 113 Å². The highest BCUT2D eigenvalue weighted by Crippen LogP contribution is 2.42. The number of methoxy groups -OCH3 is 1. The number of carbonyl (C=O) groups is 4. The first-order valence-corrected chi connectivity index (χ1v) is 21.4. The van der Waals surface area contributed by atoms with Crippen molar-refractivity contribution in [1.82, 2.24) is 15.2 Å². The molecule has 2 amide bonds. The maximum atomic E-state index is 13.4. The number of benzene rings is 3. The van der Waals surface area contributed by atoms with Crippen molar-refractivity contribution in [2.24, 2.45) is 10.6 Å². The maximum Gasteiger partial charge on any atom is 0.358 e. The molecule has 6 rings (SSSR count). The molecule has 3 aromatic carbocycles. The van der Waals surface area contributed by atoms with E-state index < -0.39 is 59.0 Å². The Hall–Kier alpha value is -5.55. The molecular weight excluding hydrogens is 807 g/mol. The number of anilines is 1. The van der Waals surface area contributed by atoms with Gasteiger partial charge in [0.25, 0.3) is 11.8 Å². The van der Waals surface area contributed by atoms with Crippen LogP contribution in [0.1, 0.15) is 62.6 Å². The van der Waals surface area contributed by atoms with Gasteiger partial charge >= 0.3 is 11.9 Å². The topological polar surface area (TPSA) is 167 Å². The second kappa shape index (κ2) is 20.1. The summed E-state index contributed by atoms with van der Waals surface area (Å²) < 4.78 is 21.7. The highest BCUT2D eigenvalue weighted by molar-refractivity contribution is 8.00. The van der Waals surface area contributed by atoms with Crippen molar-refractivity contribution in [3.8, 4) is 0 Å². The van der Waals surface area contributed by atoms with Gasteiger partial charge in [-0.05, 0) is 49.5 Å². The second-order valence-corrected chi connectivity index (χ2v) is 16.5. The van der Waals surface area contributed by atoms with Crippen molar-refractivity contribution in [2.45, 2.75) is 57.2 Å². The zero-order valence-corrected chi connectivity index (χ0v) is 35.8. The molecule has 1 fully saturated rings. The molecule has 0 bridgehead atoms. The molecule has 60 heavy (non-hydrogen) atoms. The fraction of sp³-hybridized carbons (Fsp3) is 0.364. The van der Waals surface area contributed by atoms with E-state index in [0.717, 1.165) is 22.9 Å². The molecule has 2 N–H and O–H groups in total. The van der Waals surface area contributed by atoms with Gasteiger partial charge in [0.1, 0.15) is 41.6 Å². The molecule has 0 aliphatic carbocycles. The summed E-state index contributed by atoms with van der Waals surface area (Å²) in [6.45, 7) is 6.98. The quantitative estimate of drug-likeness (QED) is 0.0251. The summed E-state index contributed by atoms with van der Waals surface area (Å²) in [6.07, 6.45) is 0.881. The minimum absolute atomic E-state index is 0.00662. The lowest BCUT2D eigenvalue weighted by atomic mass is 9.77. The number of fused-ring (bicyclic) bond motifs is 1. The number of nitrogens with zero attached hydrogens (tertiary/aromatic N) is 3. The van der Waals surface area contributed by atoms with Crippen LogP contribution in [0.25, 0.3) is 0 Å².